The van der Waals surface area contributed by atoms with Crippen molar-refractivity contribution in [3.05, 3.63) is 82.4 Å². The van der Waals surface area contributed by atoms with E-state index in [4.69, 9.17) is 0 Å². The van der Waals surface area contributed by atoms with Gasteiger partial charge in [0.25, 0.3) is 0 Å². The van der Waals surface area contributed by atoms with Gasteiger partial charge in [-0.25, -0.2) is 0 Å². The summed E-state index contributed by atoms with van der Waals surface area (Å²) in [5.41, 5.74) is 4.92. The van der Waals surface area contributed by atoms with E-state index in [9.17, 15) is 4.79 Å². The van der Waals surface area contributed by atoms with Gasteiger partial charge in [-0.15, -0.1) is 0 Å². The number of H-pyrrole nitrogens is 1. The Balaban J connectivity index is 1.38. The molecule has 1 amide bonds. The molecule has 1 aliphatic rings. The molecule has 0 fully saturated rings. The average Bonchev–Trinajstić information content (AvgIpc) is 3.46. The molecule has 1 atom stereocenters. The zero-order chi connectivity index (χ0) is 18.2. The molecule has 0 bridgehead atoms. The van der Waals surface area contributed by atoms with Crippen molar-refractivity contribution in [2.45, 2.75) is 25.4 Å². The van der Waals surface area contributed by atoms with E-state index < -0.39 is 0 Å². The largest absolute Gasteiger partial charge is 0.357 e. The van der Waals surface area contributed by atoms with Gasteiger partial charge in [-0.3, -0.25) is 4.79 Å². The number of hydrogen-bond acceptors (Lipinski definition) is 2. The van der Waals surface area contributed by atoms with Crippen molar-refractivity contribution < 1.29 is 4.79 Å². The number of nitrogens with one attached hydrogen (secondary N) is 1. The Morgan fingerprint density at radius 2 is 2.00 bits per heavy atom. The molecule has 0 spiro atoms. The fourth-order valence-corrected chi connectivity index (χ4v) is 4.82. The van der Waals surface area contributed by atoms with Crippen LogP contribution < -0.4 is 0 Å². The minimum absolute atomic E-state index is 0.0582. The van der Waals surface area contributed by atoms with Crippen LogP contribution in [0.1, 0.15) is 29.3 Å². The molecule has 0 aliphatic carbocycles. The van der Waals surface area contributed by atoms with E-state index in [-0.39, 0.29) is 11.9 Å². The molecule has 5 rings (SSSR count). The van der Waals surface area contributed by atoms with Gasteiger partial charge in [0.05, 0.1) is 19.0 Å². The van der Waals surface area contributed by atoms with Gasteiger partial charge in [-0.2, -0.15) is 11.3 Å². The number of carbonyl (C=O) groups excluding carboxylic acids is 1. The first-order valence-electron chi connectivity index (χ1n) is 9.30. The SMILES string of the molecule is O=C(C[C@@H](c1ccsc1)n1cccc1)N1CCc2c([nH]c3ccccc23)C1. The molecule has 0 saturated carbocycles. The first-order valence-corrected chi connectivity index (χ1v) is 10.2. The zero-order valence-corrected chi connectivity index (χ0v) is 15.8. The summed E-state index contributed by atoms with van der Waals surface area (Å²) in [7, 11) is 0. The van der Waals surface area contributed by atoms with Crippen LogP contribution in [0.5, 0.6) is 0 Å². The highest BCUT2D eigenvalue weighted by molar-refractivity contribution is 7.08. The lowest BCUT2D eigenvalue weighted by Gasteiger charge is -2.29. The first kappa shape index (κ1) is 16.4. The number of amides is 1. The third-order valence-electron chi connectivity index (χ3n) is 5.52. The number of rotatable bonds is 4. The van der Waals surface area contributed by atoms with Crippen LogP contribution in [0.3, 0.4) is 0 Å². The van der Waals surface area contributed by atoms with Gasteiger partial charge in [0, 0.05) is 35.5 Å². The van der Waals surface area contributed by atoms with Crippen LogP contribution >= 0.6 is 11.3 Å². The highest BCUT2D eigenvalue weighted by atomic mass is 32.1. The molecule has 3 aromatic heterocycles. The van der Waals surface area contributed by atoms with Crippen molar-refractivity contribution in [1.29, 1.82) is 0 Å². The topological polar surface area (TPSA) is 41.0 Å². The van der Waals surface area contributed by atoms with E-state index in [1.807, 2.05) is 29.4 Å². The maximum Gasteiger partial charge on any atom is 0.225 e. The number of thiophene rings is 1. The molecule has 27 heavy (non-hydrogen) atoms. The zero-order valence-electron chi connectivity index (χ0n) is 15.0. The van der Waals surface area contributed by atoms with Crippen LogP contribution in [0, 0.1) is 0 Å². The fourth-order valence-electron chi connectivity index (χ4n) is 4.12. The van der Waals surface area contributed by atoms with Crippen LogP contribution in [0.15, 0.2) is 65.6 Å². The monoisotopic (exact) mass is 375 g/mol. The molecule has 0 saturated heterocycles. The van der Waals surface area contributed by atoms with Gasteiger partial charge in [0.1, 0.15) is 0 Å². The summed E-state index contributed by atoms with van der Waals surface area (Å²) in [6.07, 6.45) is 5.49. The Morgan fingerprint density at radius 1 is 1.15 bits per heavy atom. The molecule has 0 unspecified atom stereocenters. The standard InChI is InChI=1S/C22H21N3OS/c26-22(13-21(16-8-12-27-15-16)24-9-3-4-10-24)25-11-7-18-17-5-1-2-6-19(17)23-20(18)14-25/h1-6,8-10,12,15,21,23H,7,11,13-14H2/t21-/m0/s1. The molecule has 4 aromatic rings. The molecule has 1 aromatic carbocycles. The molecule has 4 nitrogen and oxygen atoms in total. The number of hydrogen-bond donors (Lipinski definition) is 1. The normalized spacial score (nSPS) is 15.0. The van der Waals surface area contributed by atoms with E-state index in [1.54, 1.807) is 11.3 Å². The van der Waals surface area contributed by atoms with Crippen molar-refractivity contribution in [2.75, 3.05) is 6.54 Å². The van der Waals surface area contributed by atoms with Crippen molar-refractivity contribution >= 4 is 28.1 Å². The van der Waals surface area contributed by atoms with Gasteiger partial charge < -0.3 is 14.5 Å². The first-order chi connectivity index (χ1) is 13.3. The molecule has 1 N–H and O–H groups in total. The Morgan fingerprint density at radius 3 is 2.81 bits per heavy atom. The molecule has 1 aliphatic heterocycles. The number of aromatic amines is 1. The summed E-state index contributed by atoms with van der Waals surface area (Å²) in [4.78, 5) is 18.6. The molecule has 4 heterocycles. The number of fused-ring (bicyclic) bond motifs is 3. The predicted octanol–water partition coefficient (Wildman–Crippen LogP) is 4.60. The van der Waals surface area contributed by atoms with Crippen LogP contribution in [-0.2, 0) is 17.8 Å². The lowest BCUT2D eigenvalue weighted by Crippen LogP contribution is -2.37. The summed E-state index contributed by atoms with van der Waals surface area (Å²) in [6, 6.07) is 14.6. The second kappa shape index (κ2) is 6.74. The van der Waals surface area contributed by atoms with E-state index in [0.717, 1.165) is 13.0 Å². The Labute approximate surface area is 162 Å². The van der Waals surface area contributed by atoms with Crippen LogP contribution in [-0.4, -0.2) is 26.9 Å². The Kier molecular flexibility index (Phi) is 4.09. The minimum atomic E-state index is 0.0582. The second-order valence-electron chi connectivity index (χ2n) is 7.10. The summed E-state index contributed by atoms with van der Waals surface area (Å²) in [5.74, 6) is 0.212. The smallest absolute Gasteiger partial charge is 0.225 e. The minimum Gasteiger partial charge on any atom is -0.357 e. The van der Waals surface area contributed by atoms with Crippen LogP contribution in [0.2, 0.25) is 0 Å². The maximum atomic E-state index is 13.1. The molecule has 136 valence electrons. The van der Waals surface area contributed by atoms with Gasteiger partial charge in [-0.05, 0) is 52.6 Å². The van der Waals surface area contributed by atoms with Crippen molar-refractivity contribution in [3.63, 3.8) is 0 Å². The third kappa shape index (κ3) is 2.98. The quantitative estimate of drug-likeness (QED) is 0.557. The van der Waals surface area contributed by atoms with Gasteiger partial charge in [0.2, 0.25) is 5.91 Å². The summed E-state index contributed by atoms with van der Waals surface area (Å²) >= 11 is 1.68. The lowest BCUT2D eigenvalue weighted by atomic mass is 10.0. The number of aromatic nitrogens is 2. The summed E-state index contributed by atoms with van der Waals surface area (Å²) < 4.78 is 2.14. The number of para-hydroxylation sites is 1. The fraction of sp³-hybridized carbons (Fsp3) is 0.227. The third-order valence-corrected chi connectivity index (χ3v) is 6.22. The van der Waals surface area contributed by atoms with E-state index in [0.29, 0.717) is 13.0 Å². The van der Waals surface area contributed by atoms with Crippen molar-refractivity contribution in [1.82, 2.24) is 14.5 Å². The van der Waals surface area contributed by atoms with Gasteiger partial charge in [0.15, 0.2) is 0 Å². The summed E-state index contributed by atoms with van der Waals surface area (Å²) in [5, 5.41) is 5.51. The maximum absolute atomic E-state index is 13.1. The molecule has 0 radical (unpaired) electrons. The number of benzene rings is 1. The van der Waals surface area contributed by atoms with Crippen molar-refractivity contribution in [3.8, 4) is 0 Å². The highest BCUT2D eigenvalue weighted by Gasteiger charge is 2.26. The van der Waals surface area contributed by atoms with Gasteiger partial charge in [-0.1, -0.05) is 18.2 Å². The lowest BCUT2D eigenvalue weighted by molar-refractivity contribution is -0.132. The van der Waals surface area contributed by atoms with E-state index in [1.165, 1.54) is 27.7 Å². The van der Waals surface area contributed by atoms with Crippen LogP contribution in [0.25, 0.3) is 10.9 Å². The summed E-state index contributed by atoms with van der Waals surface area (Å²) in [6.45, 7) is 1.46. The average molecular weight is 375 g/mol. The Hall–Kier alpha value is -2.79. The number of nitrogens with zero attached hydrogens (tertiary/aromatic N) is 2. The Bertz CT molecular complexity index is 1030. The van der Waals surface area contributed by atoms with Gasteiger partial charge >= 0.3 is 0 Å². The molecule has 5 heteroatoms. The van der Waals surface area contributed by atoms with E-state index in [2.05, 4.69) is 50.6 Å². The number of carbonyl (C=O) groups is 1. The highest BCUT2D eigenvalue weighted by Crippen LogP contribution is 2.30. The van der Waals surface area contributed by atoms with Crippen LogP contribution in [0.4, 0.5) is 0 Å². The molecular weight excluding hydrogens is 354 g/mol. The van der Waals surface area contributed by atoms with Crippen molar-refractivity contribution in [2.24, 2.45) is 0 Å². The molecular formula is C22H21N3OS. The predicted molar refractivity (Wildman–Crippen MR) is 109 cm³/mol. The van der Waals surface area contributed by atoms with E-state index >= 15 is 0 Å². The second-order valence-corrected chi connectivity index (χ2v) is 7.88.